The summed E-state index contributed by atoms with van der Waals surface area (Å²) in [5.41, 5.74) is 2.73. The van der Waals surface area contributed by atoms with E-state index in [1.807, 2.05) is 53.4 Å². The minimum atomic E-state index is -0.107. The molecular formula is C21H26N4O3. The van der Waals surface area contributed by atoms with Crippen LogP contribution in [0.2, 0.25) is 0 Å². The molecular weight excluding hydrogens is 356 g/mol. The number of nitrogens with one attached hydrogen (secondary N) is 2. The largest absolute Gasteiger partial charge is 0.497 e. The Morgan fingerprint density at radius 1 is 0.929 bits per heavy atom. The highest BCUT2D eigenvalue weighted by molar-refractivity contribution is 5.89. The van der Waals surface area contributed by atoms with Gasteiger partial charge in [-0.05, 0) is 48.5 Å². The number of piperazine rings is 1. The second kappa shape index (κ2) is 9.12. The fraction of sp³-hybridized carbons (Fsp3) is 0.333. The topological polar surface area (TPSA) is 73.9 Å². The van der Waals surface area contributed by atoms with E-state index in [9.17, 15) is 9.59 Å². The first-order valence-corrected chi connectivity index (χ1v) is 9.33. The van der Waals surface area contributed by atoms with Crippen LogP contribution in [0.1, 0.15) is 6.92 Å². The molecule has 2 aromatic carbocycles. The Labute approximate surface area is 165 Å². The lowest BCUT2D eigenvalue weighted by Gasteiger charge is -2.36. The third kappa shape index (κ3) is 5.16. The van der Waals surface area contributed by atoms with E-state index >= 15 is 0 Å². The number of ether oxygens (including phenoxy) is 1. The van der Waals surface area contributed by atoms with E-state index in [-0.39, 0.29) is 18.4 Å². The molecule has 1 heterocycles. The van der Waals surface area contributed by atoms with E-state index in [1.165, 1.54) is 6.92 Å². The van der Waals surface area contributed by atoms with Crippen LogP contribution in [0.5, 0.6) is 5.75 Å². The highest BCUT2D eigenvalue weighted by atomic mass is 16.5. The van der Waals surface area contributed by atoms with Crippen LogP contribution in [-0.4, -0.2) is 56.5 Å². The Kier molecular flexibility index (Phi) is 6.37. The van der Waals surface area contributed by atoms with Crippen LogP contribution < -0.4 is 20.3 Å². The minimum Gasteiger partial charge on any atom is -0.497 e. The van der Waals surface area contributed by atoms with E-state index in [2.05, 4.69) is 15.5 Å². The van der Waals surface area contributed by atoms with Crippen LogP contribution in [0, 0.1) is 0 Å². The number of carbonyl (C=O) groups excluding carboxylic acids is 2. The maximum Gasteiger partial charge on any atom is 0.241 e. The summed E-state index contributed by atoms with van der Waals surface area (Å²) in [6.45, 7) is 4.75. The van der Waals surface area contributed by atoms with Crippen LogP contribution >= 0.6 is 0 Å². The van der Waals surface area contributed by atoms with Crippen molar-refractivity contribution < 1.29 is 14.3 Å². The molecule has 3 rings (SSSR count). The molecule has 0 bridgehead atoms. The molecule has 0 aromatic heterocycles. The van der Waals surface area contributed by atoms with Gasteiger partial charge in [0.25, 0.3) is 0 Å². The summed E-state index contributed by atoms with van der Waals surface area (Å²) < 4.78 is 5.19. The fourth-order valence-electron chi connectivity index (χ4n) is 3.17. The molecule has 2 amide bonds. The number of anilines is 3. The molecule has 0 spiro atoms. The molecule has 2 N–H and O–H groups in total. The molecule has 1 aliphatic rings. The second-order valence-electron chi connectivity index (χ2n) is 6.68. The van der Waals surface area contributed by atoms with Gasteiger partial charge in [0.05, 0.1) is 13.7 Å². The number of methoxy groups -OCH3 is 1. The predicted octanol–water partition coefficient (Wildman–Crippen LogP) is 2.41. The summed E-state index contributed by atoms with van der Waals surface area (Å²) in [5, 5.41) is 5.87. The van der Waals surface area contributed by atoms with Crippen LogP contribution in [0.4, 0.5) is 17.1 Å². The van der Waals surface area contributed by atoms with Crippen molar-refractivity contribution in [2.75, 3.05) is 55.4 Å². The van der Waals surface area contributed by atoms with Crippen molar-refractivity contribution in [2.24, 2.45) is 0 Å². The molecule has 1 saturated heterocycles. The Hall–Kier alpha value is -3.22. The maximum atomic E-state index is 12.5. The van der Waals surface area contributed by atoms with Crippen LogP contribution in [0.25, 0.3) is 0 Å². The molecule has 148 valence electrons. The molecule has 28 heavy (non-hydrogen) atoms. The Bertz CT molecular complexity index is 797. The lowest BCUT2D eigenvalue weighted by molar-refractivity contribution is -0.129. The third-order valence-electron chi connectivity index (χ3n) is 4.72. The molecule has 7 nitrogen and oxygen atoms in total. The summed E-state index contributed by atoms with van der Waals surface area (Å²) in [5.74, 6) is 0.818. The Morgan fingerprint density at radius 3 is 2.11 bits per heavy atom. The lowest BCUT2D eigenvalue weighted by Crippen LogP contribution is -2.50. The number of benzene rings is 2. The molecule has 1 aliphatic heterocycles. The van der Waals surface area contributed by atoms with Crippen LogP contribution in [0.3, 0.4) is 0 Å². The van der Waals surface area contributed by atoms with Gasteiger partial charge in [-0.1, -0.05) is 0 Å². The number of carbonyl (C=O) groups is 2. The monoisotopic (exact) mass is 382 g/mol. The average Bonchev–Trinajstić information content (AvgIpc) is 2.73. The van der Waals surface area contributed by atoms with E-state index in [0.717, 1.165) is 35.9 Å². The normalized spacial score (nSPS) is 13.8. The standard InChI is InChI=1S/C21H26N4O3/c1-16(26)23-18-5-3-17(4-6-18)22-15-21(27)25-13-11-24(12-14-25)19-7-9-20(28-2)10-8-19/h3-10,22H,11-15H2,1-2H3,(H,23,26). The Balaban J connectivity index is 1.45. The SMILES string of the molecule is COc1ccc(N2CCN(C(=O)CNc3ccc(NC(C)=O)cc3)CC2)cc1. The zero-order valence-electron chi connectivity index (χ0n) is 16.3. The summed E-state index contributed by atoms with van der Waals surface area (Å²) >= 11 is 0. The van der Waals surface area contributed by atoms with E-state index < -0.39 is 0 Å². The molecule has 2 aromatic rings. The zero-order valence-corrected chi connectivity index (χ0v) is 16.3. The number of nitrogens with zero attached hydrogens (tertiary/aromatic N) is 2. The fourth-order valence-corrected chi connectivity index (χ4v) is 3.17. The van der Waals surface area contributed by atoms with Crippen LogP contribution in [-0.2, 0) is 9.59 Å². The molecule has 0 saturated carbocycles. The lowest BCUT2D eigenvalue weighted by atomic mass is 10.2. The van der Waals surface area contributed by atoms with Crippen molar-refractivity contribution in [3.8, 4) is 5.75 Å². The van der Waals surface area contributed by atoms with Gasteiger partial charge in [0.15, 0.2) is 0 Å². The van der Waals surface area contributed by atoms with Gasteiger partial charge < -0.3 is 25.2 Å². The van der Waals surface area contributed by atoms with Crippen molar-refractivity contribution in [3.63, 3.8) is 0 Å². The van der Waals surface area contributed by atoms with E-state index in [0.29, 0.717) is 13.1 Å². The van der Waals surface area contributed by atoms with Crippen molar-refractivity contribution in [1.29, 1.82) is 0 Å². The van der Waals surface area contributed by atoms with Gasteiger partial charge in [0.2, 0.25) is 11.8 Å². The van der Waals surface area contributed by atoms with Gasteiger partial charge in [-0.15, -0.1) is 0 Å². The molecule has 7 heteroatoms. The van der Waals surface area contributed by atoms with Crippen molar-refractivity contribution in [1.82, 2.24) is 4.90 Å². The summed E-state index contributed by atoms with van der Waals surface area (Å²) in [6, 6.07) is 15.3. The highest BCUT2D eigenvalue weighted by Gasteiger charge is 2.21. The number of rotatable bonds is 6. The number of amides is 2. The van der Waals surface area contributed by atoms with Gasteiger partial charge in [-0.25, -0.2) is 0 Å². The van der Waals surface area contributed by atoms with Crippen molar-refractivity contribution in [3.05, 3.63) is 48.5 Å². The summed E-state index contributed by atoms with van der Waals surface area (Å²) in [6.07, 6.45) is 0. The van der Waals surface area contributed by atoms with Gasteiger partial charge >= 0.3 is 0 Å². The molecule has 0 unspecified atom stereocenters. The van der Waals surface area contributed by atoms with E-state index in [4.69, 9.17) is 4.74 Å². The minimum absolute atomic E-state index is 0.0836. The first-order valence-electron chi connectivity index (χ1n) is 9.33. The van der Waals surface area contributed by atoms with Gasteiger partial charge in [0.1, 0.15) is 5.75 Å². The first kappa shape index (κ1) is 19.5. The molecule has 1 fully saturated rings. The molecule has 0 radical (unpaired) electrons. The second-order valence-corrected chi connectivity index (χ2v) is 6.68. The van der Waals surface area contributed by atoms with Crippen LogP contribution in [0.15, 0.2) is 48.5 Å². The van der Waals surface area contributed by atoms with Crippen molar-refractivity contribution >= 4 is 28.9 Å². The predicted molar refractivity (Wildman–Crippen MR) is 111 cm³/mol. The first-order chi connectivity index (χ1) is 13.5. The van der Waals surface area contributed by atoms with Gasteiger partial charge in [-0.3, -0.25) is 9.59 Å². The highest BCUT2D eigenvalue weighted by Crippen LogP contribution is 2.20. The quantitative estimate of drug-likeness (QED) is 0.803. The maximum absolute atomic E-state index is 12.5. The van der Waals surface area contributed by atoms with Gasteiger partial charge in [-0.2, -0.15) is 0 Å². The smallest absolute Gasteiger partial charge is 0.241 e. The summed E-state index contributed by atoms with van der Waals surface area (Å²) in [7, 11) is 1.66. The molecule has 0 aliphatic carbocycles. The van der Waals surface area contributed by atoms with Gasteiger partial charge in [0, 0.05) is 50.2 Å². The zero-order chi connectivity index (χ0) is 19.9. The van der Waals surface area contributed by atoms with Crippen molar-refractivity contribution in [2.45, 2.75) is 6.92 Å². The third-order valence-corrected chi connectivity index (χ3v) is 4.72. The summed E-state index contributed by atoms with van der Waals surface area (Å²) in [4.78, 5) is 27.7. The Morgan fingerprint density at radius 2 is 1.54 bits per heavy atom. The number of hydrogen-bond acceptors (Lipinski definition) is 5. The number of hydrogen-bond donors (Lipinski definition) is 2. The van der Waals surface area contributed by atoms with E-state index in [1.54, 1.807) is 7.11 Å². The average molecular weight is 382 g/mol. The molecule has 0 atom stereocenters.